The van der Waals surface area contributed by atoms with Gasteiger partial charge in [0.15, 0.2) is 0 Å². The first-order chi connectivity index (χ1) is 10.6. The van der Waals surface area contributed by atoms with Crippen LogP contribution in [-0.2, 0) is 6.54 Å². The number of amides is 2. The molecular weight excluding hydrogens is 360 g/mol. The summed E-state index contributed by atoms with van der Waals surface area (Å²) in [5.41, 5.74) is 0.835. The second-order valence-electron chi connectivity index (χ2n) is 5.02. The second-order valence-corrected chi connectivity index (χ2v) is 7.57. The van der Waals surface area contributed by atoms with Crippen molar-refractivity contribution in [2.75, 3.05) is 12.4 Å². The van der Waals surface area contributed by atoms with Gasteiger partial charge in [-0.15, -0.1) is 11.3 Å². The minimum absolute atomic E-state index is 0.110. The van der Waals surface area contributed by atoms with Gasteiger partial charge in [0, 0.05) is 17.3 Å². The number of nitrogens with one attached hydrogen (secondary N) is 1. The minimum atomic E-state index is -0.110. The van der Waals surface area contributed by atoms with E-state index in [4.69, 9.17) is 0 Å². The van der Waals surface area contributed by atoms with Crippen molar-refractivity contribution in [3.05, 3.63) is 63.3 Å². The highest BCUT2D eigenvalue weighted by Crippen LogP contribution is 2.25. The quantitative estimate of drug-likeness (QED) is 0.660. The zero-order valence-electron chi connectivity index (χ0n) is 12.0. The average Bonchev–Trinajstić information content (AvgIpc) is 2.92. The summed E-state index contributed by atoms with van der Waals surface area (Å²) in [6.45, 7) is 0.590. The number of carbonyl (C=O) groups is 1. The minimum Gasteiger partial charge on any atom is -0.322 e. The van der Waals surface area contributed by atoms with E-state index >= 15 is 0 Å². The average molecular weight is 375 g/mol. The fourth-order valence-corrected chi connectivity index (χ4v) is 3.82. The molecule has 1 heterocycles. The molecule has 0 spiro atoms. The van der Waals surface area contributed by atoms with Crippen molar-refractivity contribution in [1.29, 1.82) is 0 Å². The molecule has 0 aliphatic rings. The van der Waals surface area contributed by atoms with Crippen molar-refractivity contribution < 1.29 is 4.79 Å². The number of rotatable bonds is 3. The molecule has 3 aromatic rings. The summed E-state index contributed by atoms with van der Waals surface area (Å²) >= 11 is 5.08. The van der Waals surface area contributed by atoms with Gasteiger partial charge in [-0.25, -0.2) is 4.79 Å². The number of carbonyl (C=O) groups excluding carboxylic acids is 1. The van der Waals surface area contributed by atoms with E-state index in [-0.39, 0.29) is 6.03 Å². The number of hydrogen-bond donors (Lipinski definition) is 1. The molecule has 112 valence electrons. The van der Waals surface area contributed by atoms with Crippen LogP contribution in [-0.4, -0.2) is 18.0 Å². The Balaban J connectivity index is 1.75. The molecule has 3 nitrogen and oxygen atoms in total. The predicted octanol–water partition coefficient (Wildman–Crippen LogP) is 5.33. The van der Waals surface area contributed by atoms with E-state index in [9.17, 15) is 4.79 Å². The maximum Gasteiger partial charge on any atom is 0.321 e. The van der Waals surface area contributed by atoms with E-state index in [1.807, 2.05) is 54.6 Å². The molecule has 0 saturated carbocycles. The number of urea groups is 1. The Bertz CT molecular complexity index is 810. The largest absolute Gasteiger partial charge is 0.322 e. The maximum atomic E-state index is 12.4. The third-order valence-electron chi connectivity index (χ3n) is 3.40. The molecule has 0 saturated heterocycles. The van der Waals surface area contributed by atoms with Crippen LogP contribution in [0.15, 0.2) is 58.4 Å². The van der Waals surface area contributed by atoms with Gasteiger partial charge in [-0.05, 0) is 39.5 Å². The zero-order valence-corrected chi connectivity index (χ0v) is 14.4. The lowest BCUT2D eigenvalue weighted by Gasteiger charge is -2.18. The van der Waals surface area contributed by atoms with Gasteiger partial charge in [0.2, 0.25) is 0 Å². The molecule has 0 atom stereocenters. The van der Waals surface area contributed by atoms with Crippen molar-refractivity contribution in [3.8, 4) is 0 Å². The van der Waals surface area contributed by atoms with Crippen molar-refractivity contribution in [1.82, 2.24) is 4.90 Å². The molecule has 5 heteroatoms. The van der Waals surface area contributed by atoms with Crippen LogP contribution in [0.25, 0.3) is 10.8 Å². The van der Waals surface area contributed by atoms with Crippen molar-refractivity contribution in [2.24, 2.45) is 0 Å². The standard InChI is InChI=1S/C17H15BrN2OS/c1-20(11-13-9-10-16(18)22-13)17(21)19-15-8-4-6-12-5-2-3-7-14(12)15/h2-10H,11H2,1H3,(H,19,21). The Labute approximate surface area is 141 Å². The lowest BCUT2D eigenvalue weighted by Crippen LogP contribution is -2.30. The summed E-state index contributed by atoms with van der Waals surface area (Å²) in [6, 6.07) is 17.9. The Kier molecular flexibility index (Phi) is 4.45. The van der Waals surface area contributed by atoms with Gasteiger partial charge in [-0.3, -0.25) is 0 Å². The highest BCUT2D eigenvalue weighted by Gasteiger charge is 2.12. The van der Waals surface area contributed by atoms with Crippen molar-refractivity contribution >= 4 is 49.8 Å². The molecule has 0 fully saturated rings. The van der Waals surface area contributed by atoms with Gasteiger partial charge in [0.25, 0.3) is 0 Å². The molecule has 22 heavy (non-hydrogen) atoms. The van der Waals surface area contributed by atoms with Crippen LogP contribution in [0.3, 0.4) is 0 Å². The maximum absolute atomic E-state index is 12.4. The summed E-state index contributed by atoms with van der Waals surface area (Å²) in [4.78, 5) is 15.2. The first-order valence-electron chi connectivity index (χ1n) is 6.87. The highest BCUT2D eigenvalue weighted by atomic mass is 79.9. The molecule has 2 amide bonds. The monoisotopic (exact) mass is 374 g/mol. The van der Waals surface area contributed by atoms with E-state index in [0.29, 0.717) is 6.54 Å². The highest BCUT2D eigenvalue weighted by molar-refractivity contribution is 9.11. The number of fused-ring (bicyclic) bond motifs is 1. The summed E-state index contributed by atoms with van der Waals surface area (Å²) < 4.78 is 1.07. The number of benzene rings is 2. The molecule has 0 aliphatic carbocycles. The number of nitrogens with zero attached hydrogens (tertiary/aromatic N) is 1. The topological polar surface area (TPSA) is 32.3 Å². The summed E-state index contributed by atoms with van der Waals surface area (Å²) in [5, 5.41) is 5.15. The number of hydrogen-bond acceptors (Lipinski definition) is 2. The normalized spacial score (nSPS) is 10.6. The fourth-order valence-electron chi connectivity index (χ4n) is 2.29. The van der Waals surface area contributed by atoms with Gasteiger partial charge in [-0.2, -0.15) is 0 Å². The number of halogens is 1. The predicted molar refractivity (Wildman–Crippen MR) is 96.5 cm³/mol. The van der Waals surface area contributed by atoms with Crippen molar-refractivity contribution in [3.63, 3.8) is 0 Å². The smallest absolute Gasteiger partial charge is 0.321 e. The van der Waals surface area contributed by atoms with Gasteiger partial charge < -0.3 is 10.2 Å². The summed E-state index contributed by atoms with van der Waals surface area (Å²) in [5.74, 6) is 0. The van der Waals surface area contributed by atoms with E-state index in [0.717, 1.165) is 25.1 Å². The molecule has 0 aliphatic heterocycles. The zero-order chi connectivity index (χ0) is 15.5. The molecule has 3 rings (SSSR count). The lowest BCUT2D eigenvalue weighted by molar-refractivity contribution is 0.221. The van der Waals surface area contributed by atoms with E-state index in [1.165, 1.54) is 0 Å². The fraction of sp³-hybridized carbons (Fsp3) is 0.118. The van der Waals surface area contributed by atoms with Crippen LogP contribution in [0, 0.1) is 0 Å². The first kappa shape index (κ1) is 15.1. The Morgan fingerprint density at radius 2 is 1.91 bits per heavy atom. The van der Waals surface area contributed by atoms with Crippen LogP contribution >= 0.6 is 27.3 Å². The van der Waals surface area contributed by atoms with Crippen LogP contribution < -0.4 is 5.32 Å². The molecule has 0 bridgehead atoms. The number of thiophene rings is 1. The SMILES string of the molecule is CN(Cc1ccc(Br)s1)C(=O)Nc1cccc2ccccc12. The van der Waals surface area contributed by atoms with Gasteiger partial charge in [0.05, 0.1) is 16.0 Å². The Morgan fingerprint density at radius 1 is 1.14 bits per heavy atom. The number of anilines is 1. The molecule has 0 unspecified atom stereocenters. The van der Waals surface area contributed by atoms with Crippen LogP contribution in [0.2, 0.25) is 0 Å². The third kappa shape index (κ3) is 3.31. The van der Waals surface area contributed by atoms with Gasteiger partial charge in [-0.1, -0.05) is 36.4 Å². The molecule has 1 aromatic heterocycles. The summed E-state index contributed by atoms with van der Waals surface area (Å²) in [6.07, 6.45) is 0. The van der Waals surface area contributed by atoms with Crippen LogP contribution in [0.5, 0.6) is 0 Å². The first-order valence-corrected chi connectivity index (χ1v) is 8.48. The lowest BCUT2D eigenvalue weighted by atomic mass is 10.1. The Morgan fingerprint density at radius 3 is 2.68 bits per heavy atom. The van der Waals surface area contributed by atoms with Gasteiger partial charge >= 0.3 is 6.03 Å². The van der Waals surface area contributed by atoms with E-state index < -0.39 is 0 Å². The molecule has 0 radical (unpaired) electrons. The van der Waals surface area contributed by atoms with Gasteiger partial charge in [0.1, 0.15) is 0 Å². The molecular formula is C17H15BrN2OS. The summed E-state index contributed by atoms with van der Waals surface area (Å²) in [7, 11) is 1.80. The molecule has 1 N–H and O–H groups in total. The van der Waals surface area contributed by atoms with Crippen LogP contribution in [0.4, 0.5) is 10.5 Å². The second kappa shape index (κ2) is 6.50. The van der Waals surface area contributed by atoms with E-state index in [1.54, 1.807) is 23.3 Å². The van der Waals surface area contributed by atoms with Crippen molar-refractivity contribution in [2.45, 2.75) is 6.54 Å². The van der Waals surface area contributed by atoms with E-state index in [2.05, 4.69) is 21.2 Å². The van der Waals surface area contributed by atoms with Crippen LogP contribution in [0.1, 0.15) is 4.88 Å². The molecule has 2 aromatic carbocycles. The third-order valence-corrected chi connectivity index (χ3v) is 5.01. The Hall–Kier alpha value is -1.85.